The van der Waals surface area contributed by atoms with Gasteiger partial charge in [-0.25, -0.2) is 14.9 Å². The van der Waals surface area contributed by atoms with Gasteiger partial charge in [-0.3, -0.25) is 9.59 Å². The number of carbonyl (C=O) groups is 2. The summed E-state index contributed by atoms with van der Waals surface area (Å²) >= 11 is 0. The van der Waals surface area contributed by atoms with Gasteiger partial charge in [0.05, 0.1) is 33.5 Å². The van der Waals surface area contributed by atoms with E-state index in [1.807, 2.05) is 48.5 Å². The molecule has 0 saturated carbocycles. The Bertz CT molecular complexity index is 1820. The zero-order valence-corrected chi connectivity index (χ0v) is 19.0. The zero-order chi connectivity index (χ0) is 24.2. The van der Waals surface area contributed by atoms with Gasteiger partial charge in [0.2, 0.25) is 0 Å². The number of hydrogen-bond donors (Lipinski definition) is 0. The van der Waals surface area contributed by atoms with Crippen molar-refractivity contribution >= 4 is 39.3 Å². The first-order valence-electron chi connectivity index (χ1n) is 11.6. The first-order valence-corrected chi connectivity index (χ1v) is 11.6. The molecule has 170 valence electrons. The Hall–Kier alpha value is -5.10. The van der Waals surface area contributed by atoms with E-state index in [0.29, 0.717) is 22.5 Å². The molecule has 0 bridgehead atoms. The second-order valence-electron chi connectivity index (χ2n) is 8.69. The number of anilines is 1. The molecule has 0 N–H and O–H groups in total. The molecule has 0 atom stereocenters. The highest BCUT2D eigenvalue weighted by molar-refractivity contribution is 6.35. The number of hydrogen-bond acceptors (Lipinski definition) is 4. The van der Waals surface area contributed by atoms with Crippen LogP contribution in [0.3, 0.4) is 0 Å². The lowest BCUT2D eigenvalue weighted by molar-refractivity contribution is 0.0926. The zero-order valence-electron chi connectivity index (χ0n) is 19.0. The van der Waals surface area contributed by atoms with Crippen molar-refractivity contribution in [3.8, 4) is 16.8 Å². The molecule has 2 amide bonds. The van der Waals surface area contributed by atoms with Crippen molar-refractivity contribution in [2.24, 2.45) is 0 Å². The number of para-hydroxylation sites is 2. The predicted octanol–water partition coefficient (Wildman–Crippen LogP) is 6.04. The van der Waals surface area contributed by atoms with Crippen molar-refractivity contribution in [2.45, 2.75) is 0 Å². The quantitative estimate of drug-likeness (QED) is 0.298. The van der Waals surface area contributed by atoms with Crippen LogP contribution in [0.1, 0.15) is 20.7 Å². The first-order chi connectivity index (χ1) is 17.7. The minimum atomic E-state index is -0.324. The lowest BCUT2D eigenvalue weighted by atomic mass is 10.1. The summed E-state index contributed by atoms with van der Waals surface area (Å²) in [4.78, 5) is 36.7. The molecule has 6 heteroatoms. The summed E-state index contributed by atoms with van der Waals surface area (Å²) in [6, 6.07) is 28.8. The molecule has 0 fully saturated rings. The Morgan fingerprint density at radius 3 is 2.19 bits per heavy atom. The van der Waals surface area contributed by atoms with Crippen LogP contribution < -0.4 is 4.90 Å². The summed E-state index contributed by atoms with van der Waals surface area (Å²) in [5.74, 6) is -0.638. The van der Waals surface area contributed by atoms with Gasteiger partial charge in [-0.05, 0) is 42.0 Å². The van der Waals surface area contributed by atoms with Crippen molar-refractivity contribution in [1.29, 1.82) is 0 Å². The minimum Gasteiger partial charge on any atom is -0.308 e. The van der Waals surface area contributed by atoms with Crippen LogP contribution in [-0.4, -0.2) is 26.3 Å². The fourth-order valence-corrected chi connectivity index (χ4v) is 5.12. The Morgan fingerprint density at radius 1 is 0.611 bits per heavy atom. The second-order valence-corrected chi connectivity index (χ2v) is 8.69. The van der Waals surface area contributed by atoms with Crippen LogP contribution in [-0.2, 0) is 0 Å². The minimum absolute atomic E-state index is 0.314. The van der Waals surface area contributed by atoms with E-state index in [0.717, 1.165) is 32.9 Å². The molecule has 3 heterocycles. The normalized spacial score (nSPS) is 13.1. The molecule has 7 rings (SSSR count). The number of fused-ring (bicyclic) bond motifs is 4. The van der Waals surface area contributed by atoms with E-state index in [1.165, 1.54) is 11.2 Å². The largest absolute Gasteiger partial charge is 0.308 e. The van der Waals surface area contributed by atoms with E-state index in [9.17, 15) is 9.59 Å². The van der Waals surface area contributed by atoms with Crippen molar-refractivity contribution in [1.82, 2.24) is 14.5 Å². The van der Waals surface area contributed by atoms with Crippen LogP contribution in [0.15, 0.2) is 110 Å². The first kappa shape index (κ1) is 20.3. The number of nitrogens with zero attached hydrogens (tertiary/aromatic N) is 4. The molecule has 0 aliphatic carbocycles. The fourth-order valence-electron chi connectivity index (χ4n) is 5.12. The van der Waals surface area contributed by atoms with Crippen LogP contribution in [0.4, 0.5) is 5.69 Å². The maximum atomic E-state index is 13.8. The number of rotatable bonds is 3. The van der Waals surface area contributed by atoms with Gasteiger partial charge < -0.3 is 4.57 Å². The maximum absolute atomic E-state index is 13.8. The lowest BCUT2D eigenvalue weighted by Gasteiger charge is -2.14. The van der Waals surface area contributed by atoms with E-state index >= 15 is 0 Å². The van der Waals surface area contributed by atoms with E-state index in [1.54, 1.807) is 30.6 Å². The van der Waals surface area contributed by atoms with Gasteiger partial charge in [0.15, 0.2) is 0 Å². The van der Waals surface area contributed by atoms with Crippen LogP contribution in [0.2, 0.25) is 0 Å². The maximum Gasteiger partial charge on any atom is 0.268 e. The molecular formula is C30H18N4O2. The Balaban J connectivity index is 1.51. The third-order valence-corrected chi connectivity index (χ3v) is 6.72. The lowest BCUT2D eigenvalue weighted by Crippen LogP contribution is -2.29. The smallest absolute Gasteiger partial charge is 0.268 e. The number of imide groups is 1. The molecule has 6 nitrogen and oxygen atoms in total. The molecule has 36 heavy (non-hydrogen) atoms. The van der Waals surface area contributed by atoms with Crippen LogP contribution in [0.5, 0.6) is 0 Å². The summed E-state index contributed by atoms with van der Waals surface area (Å²) in [6.45, 7) is 0. The molecule has 0 unspecified atom stereocenters. The van der Waals surface area contributed by atoms with Crippen molar-refractivity contribution in [3.05, 3.63) is 121 Å². The van der Waals surface area contributed by atoms with Gasteiger partial charge in [-0.1, -0.05) is 54.6 Å². The predicted molar refractivity (Wildman–Crippen MR) is 139 cm³/mol. The van der Waals surface area contributed by atoms with Gasteiger partial charge >= 0.3 is 0 Å². The summed E-state index contributed by atoms with van der Waals surface area (Å²) in [6.07, 6.45) is 5.07. The van der Waals surface area contributed by atoms with Gasteiger partial charge in [-0.15, -0.1) is 0 Å². The van der Waals surface area contributed by atoms with Gasteiger partial charge in [-0.2, -0.15) is 0 Å². The molecule has 6 aromatic rings. The van der Waals surface area contributed by atoms with E-state index in [2.05, 4.69) is 38.8 Å². The molecule has 1 aliphatic rings. The Morgan fingerprint density at radius 2 is 1.36 bits per heavy atom. The fraction of sp³-hybridized carbons (Fsp3) is 0. The van der Waals surface area contributed by atoms with Crippen LogP contribution in [0.25, 0.3) is 38.6 Å². The van der Waals surface area contributed by atoms with E-state index < -0.39 is 0 Å². The van der Waals surface area contributed by atoms with Gasteiger partial charge in [0.1, 0.15) is 6.33 Å². The number of amides is 2. The highest BCUT2D eigenvalue weighted by Crippen LogP contribution is 2.38. The van der Waals surface area contributed by atoms with Crippen LogP contribution >= 0.6 is 0 Å². The highest BCUT2D eigenvalue weighted by Gasteiger charge is 2.39. The summed E-state index contributed by atoms with van der Waals surface area (Å²) in [5.41, 5.74) is 5.80. The second kappa shape index (κ2) is 7.71. The number of benzene rings is 4. The number of aromatic nitrogens is 3. The molecular weight excluding hydrogens is 448 g/mol. The molecule has 1 aliphatic heterocycles. The molecule has 4 aromatic carbocycles. The van der Waals surface area contributed by atoms with E-state index in [4.69, 9.17) is 0 Å². The van der Waals surface area contributed by atoms with Crippen LogP contribution in [0, 0.1) is 0 Å². The third kappa shape index (κ3) is 2.85. The third-order valence-electron chi connectivity index (χ3n) is 6.72. The average molecular weight is 467 g/mol. The topological polar surface area (TPSA) is 68.1 Å². The molecule has 0 saturated heterocycles. The summed E-state index contributed by atoms with van der Waals surface area (Å²) in [7, 11) is 0. The van der Waals surface area contributed by atoms with E-state index in [-0.39, 0.29) is 11.8 Å². The van der Waals surface area contributed by atoms with Gasteiger partial charge in [0, 0.05) is 28.7 Å². The average Bonchev–Trinajstić information content (AvgIpc) is 3.40. The molecule has 0 spiro atoms. The SMILES string of the molecule is O=C1c2cccc(-n3c4ccccc4c4ccc(-c5cncnc5)cc43)c2C(=O)N1c1ccccc1. The van der Waals surface area contributed by atoms with Crippen molar-refractivity contribution < 1.29 is 9.59 Å². The summed E-state index contributed by atoms with van der Waals surface area (Å²) < 4.78 is 2.08. The van der Waals surface area contributed by atoms with Crippen molar-refractivity contribution in [3.63, 3.8) is 0 Å². The van der Waals surface area contributed by atoms with Gasteiger partial charge in [0.25, 0.3) is 11.8 Å². The Labute approximate surface area is 206 Å². The molecule has 0 radical (unpaired) electrons. The Kier molecular flexibility index (Phi) is 4.35. The summed E-state index contributed by atoms with van der Waals surface area (Å²) in [5, 5.41) is 2.12. The highest BCUT2D eigenvalue weighted by atomic mass is 16.2. The standard InChI is InChI=1S/C30H18N4O2/c35-29-24-10-6-12-26(28(24)30(36)33(29)21-7-2-1-3-8-21)34-25-11-5-4-9-22(25)23-14-13-19(15-27(23)34)20-16-31-18-32-17-20/h1-18H. The van der Waals surface area contributed by atoms with Crippen molar-refractivity contribution in [2.75, 3.05) is 4.90 Å². The molecule has 2 aromatic heterocycles. The number of carbonyl (C=O) groups excluding carboxylic acids is 2. The monoisotopic (exact) mass is 466 g/mol.